The molecular weight excluding hydrogens is 442 g/mol. The number of aromatic nitrogens is 3. The van der Waals surface area contributed by atoms with Gasteiger partial charge in [0.1, 0.15) is 11.8 Å². The summed E-state index contributed by atoms with van der Waals surface area (Å²) in [5.74, 6) is 0.641. The van der Waals surface area contributed by atoms with Crippen LogP contribution in [-0.2, 0) is 11.8 Å². The Labute approximate surface area is 196 Å². The molecule has 1 aromatic heterocycles. The Bertz CT molecular complexity index is 1110. The van der Waals surface area contributed by atoms with Gasteiger partial charge in [0.2, 0.25) is 5.91 Å². The molecule has 10 heteroatoms. The first-order valence-corrected chi connectivity index (χ1v) is 11.2. The minimum absolute atomic E-state index is 0.140. The molecule has 0 aliphatic heterocycles. The molecule has 3 rings (SSSR count). The molecule has 0 unspecified atom stereocenters. The van der Waals surface area contributed by atoms with Crippen molar-refractivity contribution in [2.45, 2.75) is 25.0 Å². The fourth-order valence-corrected chi connectivity index (χ4v) is 4.02. The number of aryl methyl sites for hydroxylation is 2. The number of benzene rings is 2. The largest absolute Gasteiger partial charge is 0.497 e. The van der Waals surface area contributed by atoms with Gasteiger partial charge in [-0.15, -0.1) is 10.2 Å². The van der Waals surface area contributed by atoms with E-state index in [9.17, 15) is 14.7 Å². The lowest BCUT2D eigenvalue weighted by atomic mass is 10.1. The second-order valence-electron chi connectivity index (χ2n) is 7.55. The van der Waals surface area contributed by atoms with Gasteiger partial charge in [-0.3, -0.25) is 9.59 Å². The Morgan fingerprint density at radius 1 is 1.12 bits per heavy atom. The van der Waals surface area contributed by atoms with Gasteiger partial charge >= 0.3 is 0 Å². The van der Waals surface area contributed by atoms with Gasteiger partial charge in [-0.1, -0.05) is 17.8 Å². The number of thioether (sulfide) groups is 1. The highest BCUT2D eigenvalue weighted by atomic mass is 32.2. The molecule has 0 aliphatic carbocycles. The van der Waals surface area contributed by atoms with Crippen LogP contribution < -0.4 is 15.4 Å². The predicted octanol–water partition coefficient (Wildman–Crippen LogP) is 2.63. The molecule has 2 aromatic carbocycles. The van der Waals surface area contributed by atoms with E-state index in [-0.39, 0.29) is 24.2 Å². The summed E-state index contributed by atoms with van der Waals surface area (Å²) in [4.78, 5) is 24.9. The van der Waals surface area contributed by atoms with Crippen LogP contribution in [0.2, 0.25) is 0 Å². The first-order chi connectivity index (χ1) is 15.8. The molecule has 0 aliphatic rings. The van der Waals surface area contributed by atoms with Crippen molar-refractivity contribution in [2.75, 3.05) is 24.8 Å². The highest BCUT2D eigenvalue weighted by Gasteiger charge is 2.22. The second kappa shape index (κ2) is 11.0. The first-order valence-electron chi connectivity index (χ1n) is 10.3. The molecule has 33 heavy (non-hydrogen) atoms. The van der Waals surface area contributed by atoms with Crippen LogP contribution in [0.5, 0.6) is 5.75 Å². The van der Waals surface area contributed by atoms with Crippen molar-refractivity contribution in [1.29, 1.82) is 0 Å². The van der Waals surface area contributed by atoms with Crippen molar-refractivity contribution in [1.82, 2.24) is 20.1 Å². The van der Waals surface area contributed by atoms with E-state index in [1.165, 1.54) is 11.8 Å². The Morgan fingerprint density at radius 3 is 2.39 bits per heavy atom. The van der Waals surface area contributed by atoms with E-state index in [4.69, 9.17) is 4.74 Å². The summed E-state index contributed by atoms with van der Waals surface area (Å²) in [5, 5.41) is 24.2. The molecule has 1 heterocycles. The fourth-order valence-electron chi connectivity index (χ4n) is 3.31. The van der Waals surface area contributed by atoms with Gasteiger partial charge in [-0.2, -0.15) is 0 Å². The van der Waals surface area contributed by atoms with E-state index >= 15 is 0 Å². The lowest BCUT2D eigenvalue weighted by molar-refractivity contribution is -0.113. The summed E-state index contributed by atoms with van der Waals surface area (Å²) < 4.78 is 6.75. The molecule has 3 N–H and O–H groups in total. The van der Waals surface area contributed by atoms with Crippen molar-refractivity contribution >= 4 is 29.3 Å². The van der Waals surface area contributed by atoms with Gasteiger partial charge in [0.25, 0.3) is 5.91 Å². The zero-order valence-electron chi connectivity index (χ0n) is 19.0. The van der Waals surface area contributed by atoms with Crippen LogP contribution in [0.25, 0.3) is 0 Å². The summed E-state index contributed by atoms with van der Waals surface area (Å²) in [6.07, 6.45) is 0. The van der Waals surface area contributed by atoms with Gasteiger partial charge in [-0.05, 0) is 61.4 Å². The van der Waals surface area contributed by atoms with Gasteiger partial charge in [0, 0.05) is 18.3 Å². The molecule has 3 aromatic rings. The number of aliphatic hydroxyl groups excluding tert-OH is 1. The van der Waals surface area contributed by atoms with Crippen LogP contribution in [0, 0.1) is 13.8 Å². The lowest BCUT2D eigenvalue weighted by Gasteiger charge is -2.16. The molecule has 2 amide bonds. The number of carbonyl (C=O) groups is 2. The smallest absolute Gasteiger partial charge is 0.251 e. The van der Waals surface area contributed by atoms with E-state index in [2.05, 4.69) is 20.8 Å². The number of rotatable bonds is 9. The molecule has 174 valence electrons. The summed E-state index contributed by atoms with van der Waals surface area (Å²) in [5.41, 5.74) is 3.32. The second-order valence-corrected chi connectivity index (χ2v) is 8.49. The van der Waals surface area contributed by atoms with Crippen molar-refractivity contribution < 1.29 is 19.4 Å². The Morgan fingerprint density at radius 2 is 1.79 bits per heavy atom. The number of amides is 2. The van der Waals surface area contributed by atoms with Gasteiger partial charge in [0.05, 0.1) is 19.5 Å². The molecule has 9 nitrogen and oxygen atoms in total. The zero-order valence-corrected chi connectivity index (χ0v) is 19.8. The minimum atomic E-state index is -0.754. The molecule has 0 saturated carbocycles. The molecular formula is C23H27N5O4S. The topological polar surface area (TPSA) is 118 Å². The van der Waals surface area contributed by atoms with E-state index < -0.39 is 6.04 Å². The standard InChI is InChI=1S/C23H27N5O4S/c1-14-9-15(2)11-17(10-14)24-20(30)13-33-23-27-26-21(28(23)3)19(12-29)25-22(31)16-5-7-18(32-4)8-6-16/h5-11,19,29H,12-13H2,1-4H3,(H,24,30)(H,25,31)/t19-/m0/s1. The Kier molecular flexibility index (Phi) is 8.07. The number of nitrogens with zero attached hydrogens (tertiary/aromatic N) is 3. The van der Waals surface area contributed by atoms with Crippen LogP contribution >= 0.6 is 11.8 Å². The first kappa shape index (κ1) is 24.3. The third-order valence-electron chi connectivity index (χ3n) is 4.86. The number of anilines is 1. The van der Waals surface area contributed by atoms with Crippen LogP contribution in [-0.4, -0.2) is 51.2 Å². The fraction of sp³-hybridized carbons (Fsp3) is 0.304. The number of nitrogens with one attached hydrogen (secondary N) is 2. The van der Waals surface area contributed by atoms with E-state index in [0.29, 0.717) is 22.3 Å². The number of ether oxygens (including phenoxy) is 1. The maximum Gasteiger partial charge on any atom is 0.251 e. The number of methoxy groups -OCH3 is 1. The van der Waals surface area contributed by atoms with Crippen LogP contribution in [0.15, 0.2) is 47.6 Å². The normalized spacial score (nSPS) is 11.7. The molecule has 0 radical (unpaired) electrons. The monoisotopic (exact) mass is 469 g/mol. The number of carbonyl (C=O) groups excluding carboxylic acids is 2. The third-order valence-corrected chi connectivity index (χ3v) is 5.88. The number of hydrogen-bond donors (Lipinski definition) is 3. The van der Waals surface area contributed by atoms with Gasteiger partial charge in [0.15, 0.2) is 11.0 Å². The highest BCUT2D eigenvalue weighted by Crippen LogP contribution is 2.21. The summed E-state index contributed by atoms with van der Waals surface area (Å²) >= 11 is 1.22. The summed E-state index contributed by atoms with van der Waals surface area (Å²) in [6, 6.07) is 11.7. The maximum atomic E-state index is 12.6. The summed E-state index contributed by atoms with van der Waals surface area (Å²) in [7, 11) is 3.27. The van der Waals surface area contributed by atoms with E-state index in [1.807, 2.05) is 32.0 Å². The van der Waals surface area contributed by atoms with E-state index in [1.54, 1.807) is 43.0 Å². The number of hydrogen-bond acceptors (Lipinski definition) is 7. The van der Waals surface area contributed by atoms with Crippen molar-refractivity contribution in [3.63, 3.8) is 0 Å². The van der Waals surface area contributed by atoms with Crippen molar-refractivity contribution in [3.8, 4) is 5.75 Å². The van der Waals surface area contributed by atoms with Crippen molar-refractivity contribution in [3.05, 3.63) is 65.0 Å². The Hall–Kier alpha value is -3.37. The third kappa shape index (κ3) is 6.33. The zero-order chi connectivity index (χ0) is 24.0. The van der Waals surface area contributed by atoms with Gasteiger partial charge < -0.3 is 25.0 Å². The molecule has 0 spiro atoms. The molecule has 1 atom stereocenters. The van der Waals surface area contributed by atoms with Crippen molar-refractivity contribution in [2.24, 2.45) is 7.05 Å². The maximum absolute atomic E-state index is 12.6. The van der Waals surface area contributed by atoms with Crippen LogP contribution in [0.3, 0.4) is 0 Å². The van der Waals surface area contributed by atoms with Crippen LogP contribution in [0.1, 0.15) is 33.4 Å². The minimum Gasteiger partial charge on any atom is -0.497 e. The molecule has 0 bridgehead atoms. The molecule has 0 fully saturated rings. The average Bonchev–Trinajstić information content (AvgIpc) is 3.15. The summed E-state index contributed by atoms with van der Waals surface area (Å²) in [6.45, 7) is 3.60. The quantitative estimate of drug-likeness (QED) is 0.412. The molecule has 0 saturated heterocycles. The predicted molar refractivity (Wildman–Crippen MR) is 127 cm³/mol. The van der Waals surface area contributed by atoms with Gasteiger partial charge in [-0.25, -0.2) is 0 Å². The lowest BCUT2D eigenvalue weighted by Crippen LogP contribution is -2.32. The SMILES string of the molecule is COc1ccc(C(=O)N[C@@H](CO)c2nnc(SCC(=O)Nc3cc(C)cc(C)c3)n2C)cc1. The Balaban J connectivity index is 1.61. The van der Waals surface area contributed by atoms with E-state index in [0.717, 1.165) is 16.8 Å². The van der Waals surface area contributed by atoms with Crippen LogP contribution in [0.4, 0.5) is 5.69 Å². The number of aliphatic hydroxyl groups is 1. The highest BCUT2D eigenvalue weighted by molar-refractivity contribution is 7.99. The average molecular weight is 470 g/mol.